The Morgan fingerprint density at radius 3 is 2.25 bits per heavy atom. The summed E-state index contributed by atoms with van der Waals surface area (Å²) in [4.78, 5) is 25.8. The van der Waals surface area contributed by atoms with Crippen LogP contribution >= 0.6 is 0 Å². The van der Waals surface area contributed by atoms with Crippen molar-refractivity contribution in [2.75, 3.05) is 13.6 Å². The molecule has 1 N–H and O–H groups in total. The molecule has 2 saturated carbocycles. The van der Waals surface area contributed by atoms with Gasteiger partial charge in [-0.25, -0.2) is 0 Å². The van der Waals surface area contributed by atoms with Gasteiger partial charge in [-0.1, -0.05) is 32.1 Å². The molecule has 0 saturated heterocycles. The van der Waals surface area contributed by atoms with Gasteiger partial charge in [-0.2, -0.15) is 0 Å². The first-order valence-electron chi connectivity index (χ1n) is 8.01. The third-order valence-corrected chi connectivity index (χ3v) is 5.19. The summed E-state index contributed by atoms with van der Waals surface area (Å²) in [7, 11) is 1.83. The summed E-state index contributed by atoms with van der Waals surface area (Å²) in [5.74, 6) is -0.142. The lowest BCUT2D eigenvalue weighted by Gasteiger charge is -2.34. The van der Waals surface area contributed by atoms with Crippen molar-refractivity contribution in [1.29, 1.82) is 0 Å². The molecule has 0 aromatic rings. The summed E-state index contributed by atoms with van der Waals surface area (Å²) in [5.41, 5.74) is -0.792. The fourth-order valence-electron chi connectivity index (χ4n) is 3.80. The zero-order valence-corrected chi connectivity index (χ0v) is 12.6. The fraction of sp³-hybridized carbons (Fsp3) is 0.875. The molecule has 0 spiro atoms. The van der Waals surface area contributed by atoms with E-state index in [1.807, 2.05) is 7.05 Å². The minimum absolute atomic E-state index is 0.0150. The number of carbonyl (C=O) groups is 2. The van der Waals surface area contributed by atoms with Gasteiger partial charge in [0.15, 0.2) is 0 Å². The molecule has 1 amide bonds. The molecule has 4 heteroatoms. The lowest BCUT2D eigenvalue weighted by atomic mass is 9.71. The summed E-state index contributed by atoms with van der Waals surface area (Å²) in [6.45, 7) is 0.800. The summed E-state index contributed by atoms with van der Waals surface area (Å²) in [6, 6.07) is 0. The van der Waals surface area contributed by atoms with E-state index in [9.17, 15) is 14.7 Å². The number of carboxylic acids is 1. The van der Waals surface area contributed by atoms with Crippen molar-refractivity contribution in [2.45, 2.75) is 64.2 Å². The highest BCUT2D eigenvalue weighted by atomic mass is 16.4. The molecular formula is C16H27NO3. The standard InChI is InChI=1S/C16H27NO3/c1-17(12-13-7-3-4-8-13)14(18)11-16(15(19)20)9-5-2-6-10-16/h13H,2-12H2,1H3,(H,19,20). The number of nitrogens with zero attached hydrogens (tertiary/aromatic N) is 1. The Labute approximate surface area is 121 Å². The smallest absolute Gasteiger partial charge is 0.310 e. The first-order chi connectivity index (χ1) is 9.53. The van der Waals surface area contributed by atoms with Gasteiger partial charge in [0.25, 0.3) is 0 Å². The van der Waals surface area contributed by atoms with Crippen LogP contribution in [0, 0.1) is 11.3 Å². The number of carboxylic acid groups (broad SMARTS) is 1. The van der Waals surface area contributed by atoms with E-state index >= 15 is 0 Å². The second-order valence-electron chi connectivity index (χ2n) is 6.75. The highest BCUT2D eigenvalue weighted by Crippen LogP contribution is 2.40. The van der Waals surface area contributed by atoms with E-state index in [2.05, 4.69) is 0 Å². The van der Waals surface area contributed by atoms with Crippen LogP contribution in [0.3, 0.4) is 0 Å². The predicted molar refractivity (Wildman–Crippen MR) is 77.4 cm³/mol. The normalized spacial score (nSPS) is 22.6. The van der Waals surface area contributed by atoms with E-state index in [0.717, 1.165) is 25.8 Å². The minimum atomic E-state index is -0.792. The van der Waals surface area contributed by atoms with Crippen LogP contribution in [0.15, 0.2) is 0 Å². The monoisotopic (exact) mass is 281 g/mol. The maximum atomic E-state index is 12.4. The van der Waals surface area contributed by atoms with E-state index in [1.54, 1.807) is 4.90 Å². The molecule has 0 bridgehead atoms. The Morgan fingerprint density at radius 2 is 1.70 bits per heavy atom. The first kappa shape index (κ1) is 15.3. The topological polar surface area (TPSA) is 57.6 Å². The summed E-state index contributed by atoms with van der Waals surface area (Å²) in [6.07, 6.45) is 9.43. The molecule has 2 rings (SSSR count). The molecule has 0 aromatic carbocycles. The molecule has 2 aliphatic rings. The third-order valence-electron chi connectivity index (χ3n) is 5.19. The van der Waals surface area contributed by atoms with E-state index in [4.69, 9.17) is 0 Å². The highest BCUT2D eigenvalue weighted by Gasteiger charge is 2.42. The second kappa shape index (κ2) is 6.59. The van der Waals surface area contributed by atoms with E-state index in [0.29, 0.717) is 18.8 Å². The molecule has 0 heterocycles. The van der Waals surface area contributed by atoms with Crippen molar-refractivity contribution in [3.63, 3.8) is 0 Å². The van der Waals surface area contributed by atoms with Crippen LogP contribution in [0.4, 0.5) is 0 Å². The molecule has 0 aliphatic heterocycles. The molecule has 114 valence electrons. The molecular weight excluding hydrogens is 254 g/mol. The van der Waals surface area contributed by atoms with Crippen LogP contribution < -0.4 is 0 Å². The number of hydrogen-bond donors (Lipinski definition) is 1. The Hall–Kier alpha value is -1.06. The average molecular weight is 281 g/mol. The van der Waals surface area contributed by atoms with Crippen LogP contribution in [-0.2, 0) is 9.59 Å². The van der Waals surface area contributed by atoms with Gasteiger partial charge in [0.1, 0.15) is 0 Å². The van der Waals surface area contributed by atoms with Crippen molar-refractivity contribution in [2.24, 2.45) is 11.3 Å². The maximum absolute atomic E-state index is 12.4. The molecule has 0 radical (unpaired) electrons. The summed E-state index contributed by atoms with van der Waals surface area (Å²) in [5, 5.41) is 9.53. The van der Waals surface area contributed by atoms with Crippen molar-refractivity contribution < 1.29 is 14.7 Å². The van der Waals surface area contributed by atoms with E-state index < -0.39 is 11.4 Å². The highest BCUT2D eigenvalue weighted by molar-refractivity contribution is 5.85. The second-order valence-corrected chi connectivity index (χ2v) is 6.75. The van der Waals surface area contributed by atoms with Gasteiger partial charge in [-0.15, -0.1) is 0 Å². The van der Waals surface area contributed by atoms with Crippen LogP contribution in [0.25, 0.3) is 0 Å². The zero-order valence-electron chi connectivity index (χ0n) is 12.6. The number of amides is 1. The van der Waals surface area contributed by atoms with Gasteiger partial charge in [0.05, 0.1) is 5.41 Å². The largest absolute Gasteiger partial charge is 0.481 e. The van der Waals surface area contributed by atoms with Gasteiger partial charge >= 0.3 is 5.97 Å². The molecule has 20 heavy (non-hydrogen) atoms. The zero-order chi connectivity index (χ0) is 14.6. The van der Waals surface area contributed by atoms with Crippen molar-refractivity contribution in [3.8, 4) is 0 Å². The predicted octanol–water partition coefficient (Wildman–Crippen LogP) is 3.06. The Bertz CT molecular complexity index is 355. The molecule has 4 nitrogen and oxygen atoms in total. The van der Waals surface area contributed by atoms with Crippen molar-refractivity contribution in [1.82, 2.24) is 4.90 Å². The maximum Gasteiger partial charge on any atom is 0.310 e. The van der Waals surface area contributed by atoms with Gasteiger partial charge in [0, 0.05) is 20.0 Å². The number of rotatable bonds is 5. The van der Waals surface area contributed by atoms with Gasteiger partial charge in [0.2, 0.25) is 5.91 Å². The Kier molecular flexibility index (Phi) is 5.06. The number of aliphatic carboxylic acids is 1. The molecule has 2 fully saturated rings. The molecule has 0 aromatic heterocycles. The molecule has 0 unspecified atom stereocenters. The average Bonchev–Trinajstić information content (AvgIpc) is 2.92. The van der Waals surface area contributed by atoms with Crippen molar-refractivity contribution >= 4 is 11.9 Å². The number of carbonyl (C=O) groups excluding carboxylic acids is 1. The lowest BCUT2D eigenvalue weighted by molar-refractivity contribution is -0.155. The van der Waals surface area contributed by atoms with Crippen LogP contribution in [0.5, 0.6) is 0 Å². The summed E-state index contributed by atoms with van der Waals surface area (Å²) < 4.78 is 0. The third kappa shape index (κ3) is 3.53. The first-order valence-corrected chi connectivity index (χ1v) is 8.01. The lowest BCUT2D eigenvalue weighted by Crippen LogP contribution is -2.40. The molecule has 2 aliphatic carbocycles. The quantitative estimate of drug-likeness (QED) is 0.842. The Balaban J connectivity index is 1.91. The fourth-order valence-corrected chi connectivity index (χ4v) is 3.80. The van der Waals surface area contributed by atoms with Gasteiger partial charge in [-0.3, -0.25) is 9.59 Å². The van der Waals surface area contributed by atoms with E-state index in [-0.39, 0.29) is 12.3 Å². The van der Waals surface area contributed by atoms with Crippen molar-refractivity contribution in [3.05, 3.63) is 0 Å². The number of hydrogen-bond acceptors (Lipinski definition) is 2. The van der Waals surface area contributed by atoms with Crippen LogP contribution in [0.2, 0.25) is 0 Å². The van der Waals surface area contributed by atoms with Crippen LogP contribution in [0.1, 0.15) is 64.2 Å². The minimum Gasteiger partial charge on any atom is -0.481 e. The molecule has 0 atom stereocenters. The SMILES string of the molecule is CN(CC1CCCC1)C(=O)CC1(C(=O)O)CCCCC1. The van der Waals surface area contributed by atoms with Gasteiger partial charge < -0.3 is 10.0 Å². The summed E-state index contributed by atoms with van der Waals surface area (Å²) >= 11 is 0. The van der Waals surface area contributed by atoms with Crippen LogP contribution in [-0.4, -0.2) is 35.5 Å². The Morgan fingerprint density at radius 1 is 1.10 bits per heavy atom. The van der Waals surface area contributed by atoms with Gasteiger partial charge in [-0.05, 0) is 31.6 Å². The van der Waals surface area contributed by atoms with E-state index in [1.165, 1.54) is 25.7 Å².